The highest BCUT2D eigenvalue weighted by Gasteiger charge is 2.16. The smallest absolute Gasteiger partial charge is 0.322 e. The van der Waals surface area contributed by atoms with Crippen LogP contribution in [0.1, 0.15) is 20.3 Å². The molecular weight excluding hydrogens is 244 g/mol. The van der Waals surface area contributed by atoms with E-state index in [9.17, 15) is 4.79 Å². The lowest BCUT2D eigenvalue weighted by molar-refractivity contribution is 0.186. The Hall–Kier alpha value is -1.75. The fraction of sp³-hybridized carbons (Fsp3) is 0.500. The fourth-order valence-electron chi connectivity index (χ4n) is 1.73. The van der Waals surface area contributed by atoms with Crippen molar-refractivity contribution < 1.29 is 14.6 Å². The topological polar surface area (TPSA) is 61.8 Å². The lowest BCUT2D eigenvalue weighted by Crippen LogP contribution is -2.40. The van der Waals surface area contributed by atoms with Gasteiger partial charge < -0.3 is 20.1 Å². The second-order valence-corrected chi connectivity index (χ2v) is 4.53. The van der Waals surface area contributed by atoms with Crippen LogP contribution in [0.25, 0.3) is 0 Å². The monoisotopic (exact) mass is 266 g/mol. The Labute approximate surface area is 114 Å². The van der Waals surface area contributed by atoms with Crippen LogP contribution in [0, 0.1) is 0 Å². The zero-order chi connectivity index (χ0) is 14.3. The van der Waals surface area contributed by atoms with Gasteiger partial charge in [-0.3, -0.25) is 0 Å². The van der Waals surface area contributed by atoms with Crippen LogP contribution in [0.15, 0.2) is 24.3 Å². The highest BCUT2D eigenvalue weighted by molar-refractivity contribution is 5.89. The van der Waals surface area contributed by atoms with Gasteiger partial charge in [-0.25, -0.2) is 4.79 Å². The molecule has 0 aliphatic rings. The minimum absolute atomic E-state index is 0.0790. The van der Waals surface area contributed by atoms with Gasteiger partial charge in [0.15, 0.2) is 0 Å². The maximum atomic E-state index is 12.2. The number of carbonyl (C=O) groups excluding carboxylic acids is 1. The van der Waals surface area contributed by atoms with E-state index in [1.165, 1.54) is 0 Å². The molecule has 0 aromatic heterocycles. The maximum absolute atomic E-state index is 12.2. The van der Waals surface area contributed by atoms with Crippen molar-refractivity contribution in [2.24, 2.45) is 0 Å². The normalized spacial score (nSPS) is 10.4. The van der Waals surface area contributed by atoms with E-state index in [1.807, 2.05) is 32.0 Å². The first-order valence-corrected chi connectivity index (χ1v) is 6.41. The summed E-state index contributed by atoms with van der Waals surface area (Å²) in [5.74, 6) is 0.698. The summed E-state index contributed by atoms with van der Waals surface area (Å²) >= 11 is 0. The molecule has 0 bridgehead atoms. The van der Waals surface area contributed by atoms with Crippen molar-refractivity contribution in [1.29, 1.82) is 0 Å². The Bertz CT molecular complexity index is 407. The fourth-order valence-corrected chi connectivity index (χ4v) is 1.73. The Balaban J connectivity index is 2.69. The molecule has 0 aliphatic heterocycles. The van der Waals surface area contributed by atoms with Crippen LogP contribution in [0.2, 0.25) is 0 Å². The van der Waals surface area contributed by atoms with Crippen molar-refractivity contribution in [3.63, 3.8) is 0 Å². The van der Waals surface area contributed by atoms with Crippen molar-refractivity contribution in [3.8, 4) is 5.75 Å². The third-order valence-corrected chi connectivity index (χ3v) is 2.76. The highest BCUT2D eigenvalue weighted by atomic mass is 16.5. The maximum Gasteiger partial charge on any atom is 0.322 e. The zero-order valence-electron chi connectivity index (χ0n) is 11.7. The number of hydrogen-bond acceptors (Lipinski definition) is 3. The number of nitrogens with one attached hydrogen (secondary N) is 1. The van der Waals surface area contributed by atoms with Crippen LogP contribution in [0.3, 0.4) is 0 Å². The molecule has 0 unspecified atom stereocenters. The van der Waals surface area contributed by atoms with Crippen molar-refractivity contribution in [2.75, 3.05) is 25.6 Å². The number of aliphatic hydroxyl groups is 1. The second kappa shape index (κ2) is 7.63. The van der Waals surface area contributed by atoms with Gasteiger partial charge in [-0.1, -0.05) is 6.07 Å². The van der Waals surface area contributed by atoms with Crippen molar-refractivity contribution in [1.82, 2.24) is 4.90 Å². The van der Waals surface area contributed by atoms with Crippen LogP contribution >= 0.6 is 0 Å². The number of urea groups is 1. The van der Waals surface area contributed by atoms with Gasteiger partial charge in [-0.2, -0.15) is 0 Å². The van der Waals surface area contributed by atoms with E-state index in [2.05, 4.69) is 5.32 Å². The van der Waals surface area contributed by atoms with Crippen LogP contribution in [0.4, 0.5) is 10.5 Å². The molecule has 5 nitrogen and oxygen atoms in total. The van der Waals surface area contributed by atoms with E-state index < -0.39 is 0 Å². The molecule has 2 amide bonds. The molecule has 0 heterocycles. The molecule has 0 saturated carbocycles. The third-order valence-electron chi connectivity index (χ3n) is 2.76. The summed E-state index contributed by atoms with van der Waals surface area (Å²) in [6.07, 6.45) is 0.573. The summed E-state index contributed by atoms with van der Waals surface area (Å²) in [6.45, 7) is 4.50. The van der Waals surface area contributed by atoms with Gasteiger partial charge in [0.2, 0.25) is 0 Å². The molecule has 106 valence electrons. The predicted molar refractivity (Wildman–Crippen MR) is 75.6 cm³/mol. The number of ether oxygens (including phenoxy) is 1. The molecule has 5 heteroatoms. The van der Waals surface area contributed by atoms with E-state index in [0.29, 0.717) is 24.4 Å². The van der Waals surface area contributed by atoms with Gasteiger partial charge in [0, 0.05) is 30.9 Å². The highest BCUT2D eigenvalue weighted by Crippen LogP contribution is 2.17. The largest absolute Gasteiger partial charge is 0.497 e. The number of amides is 2. The molecule has 1 rings (SSSR count). The molecule has 2 N–H and O–H groups in total. The van der Waals surface area contributed by atoms with Gasteiger partial charge >= 0.3 is 6.03 Å². The molecule has 0 radical (unpaired) electrons. The van der Waals surface area contributed by atoms with E-state index in [0.717, 1.165) is 0 Å². The number of methoxy groups -OCH3 is 1. The molecule has 0 aliphatic carbocycles. The van der Waals surface area contributed by atoms with Crippen LogP contribution in [-0.2, 0) is 0 Å². The van der Waals surface area contributed by atoms with Gasteiger partial charge in [0.1, 0.15) is 5.75 Å². The predicted octanol–water partition coefficient (Wildman–Crippen LogP) is 2.32. The summed E-state index contributed by atoms with van der Waals surface area (Å²) in [4.78, 5) is 13.8. The molecule has 1 aromatic carbocycles. The number of hydrogen-bond donors (Lipinski definition) is 2. The van der Waals surface area contributed by atoms with E-state index >= 15 is 0 Å². The first-order valence-electron chi connectivity index (χ1n) is 6.41. The Morgan fingerprint density at radius 1 is 1.47 bits per heavy atom. The number of anilines is 1. The molecule has 0 spiro atoms. The van der Waals surface area contributed by atoms with Gasteiger partial charge in [-0.15, -0.1) is 0 Å². The first-order chi connectivity index (χ1) is 9.08. The quantitative estimate of drug-likeness (QED) is 0.830. The Kier molecular flexibility index (Phi) is 6.15. The molecule has 0 atom stereocenters. The van der Waals surface area contributed by atoms with E-state index in [1.54, 1.807) is 18.1 Å². The summed E-state index contributed by atoms with van der Waals surface area (Å²) in [7, 11) is 1.59. The Morgan fingerprint density at radius 3 is 2.79 bits per heavy atom. The molecule has 1 aromatic rings. The molecule has 0 saturated heterocycles. The van der Waals surface area contributed by atoms with Gasteiger partial charge in [0.25, 0.3) is 0 Å². The molecule has 0 fully saturated rings. The van der Waals surface area contributed by atoms with Crippen molar-refractivity contribution in [2.45, 2.75) is 26.3 Å². The standard InChI is InChI=1S/C14H22N2O3/c1-11(2)16(8-5-9-17)14(18)15-12-6-4-7-13(10-12)19-3/h4,6-7,10-11,17H,5,8-9H2,1-3H3,(H,15,18). The number of aliphatic hydroxyl groups excluding tert-OH is 1. The molecule has 19 heavy (non-hydrogen) atoms. The lowest BCUT2D eigenvalue weighted by atomic mass is 10.3. The zero-order valence-corrected chi connectivity index (χ0v) is 11.7. The first kappa shape index (κ1) is 15.3. The number of nitrogens with zero attached hydrogens (tertiary/aromatic N) is 1. The van der Waals surface area contributed by atoms with Crippen LogP contribution < -0.4 is 10.1 Å². The minimum atomic E-state index is -0.170. The van der Waals surface area contributed by atoms with Crippen LogP contribution in [-0.4, -0.2) is 42.3 Å². The van der Waals surface area contributed by atoms with Crippen molar-refractivity contribution >= 4 is 11.7 Å². The van der Waals surface area contributed by atoms with E-state index in [-0.39, 0.29) is 18.7 Å². The van der Waals surface area contributed by atoms with E-state index in [4.69, 9.17) is 9.84 Å². The van der Waals surface area contributed by atoms with Crippen molar-refractivity contribution in [3.05, 3.63) is 24.3 Å². The SMILES string of the molecule is COc1cccc(NC(=O)N(CCCO)C(C)C)c1. The summed E-state index contributed by atoms with van der Waals surface area (Å²) in [5, 5.41) is 11.7. The number of benzene rings is 1. The average Bonchev–Trinajstić information content (AvgIpc) is 2.39. The number of rotatable bonds is 6. The number of carbonyl (C=O) groups is 1. The van der Waals surface area contributed by atoms with Gasteiger partial charge in [-0.05, 0) is 32.4 Å². The Morgan fingerprint density at radius 2 is 2.21 bits per heavy atom. The average molecular weight is 266 g/mol. The molecular formula is C14H22N2O3. The van der Waals surface area contributed by atoms with Crippen LogP contribution in [0.5, 0.6) is 5.75 Å². The third kappa shape index (κ3) is 4.79. The summed E-state index contributed by atoms with van der Waals surface area (Å²) in [6, 6.07) is 7.13. The second-order valence-electron chi connectivity index (χ2n) is 4.53. The summed E-state index contributed by atoms with van der Waals surface area (Å²) < 4.78 is 5.11. The minimum Gasteiger partial charge on any atom is -0.497 e. The summed E-state index contributed by atoms with van der Waals surface area (Å²) in [5.41, 5.74) is 0.694. The van der Waals surface area contributed by atoms with Gasteiger partial charge in [0.05, 0.1) is 7.11 Å². The lowest BCUT2D eigenvalue weighted by Gasteiger charge is -2.26.